The predicted molar refractivity (Wildman–Crippen MR) is 275 cm³/mol. The van der Waals surface area contributed by atoms with Gasteiger partial charge in [0.05, 0.1) is 27.7 Å². The van der Waals surface area contributed by atoms with Gasteiger partial charge in [0.25, 0.3) is 0 Å². The van der Waals surface area contributed by atoms with Crippen LogP contribution in [0.2, 0.25) is 0 Å². The molecule has 0 radical (unpaired) electrons. The van der Waals surface area contributed by atoms with E-state index in [1.54, 1.807) is 0 Å². The fourth-order valence-corrected chi connectivity index (χ4v) is 7.92. The Hall–Kier alpha value is -2.29. The molecule has 65 heavy (non-hydrogen) atoms. The monoisotopic (exact) mass is 935 g/mol. The molecule has 0 amide bonds. The molecule has 0 aliphatic rings. The third-order valence-electron chi connectivity index (χ3n) is 11.3. The molecule has 0 aromatic carbocycles. The van der Waals surface area contributed by atoms with E-state index in [1.165, 1.54) is 148 Å². The SMILES string of the molecule is CCCCC/C=C/C/C=C/C/C=C/C/C=C/C/C=C/CCC(=O)O[C@H](COC(=O)CCCCCCCCCCCCCCCCCCCCCCCC)COP(=O)(O)OCC[N+](C)(C)C. The third-order valence-corrected chi connectivity index (χ3v) is 12.3. The summed E-state index contributed by atoms with van der Waals surface area (Å²) >= 11 is 0. The van der Waals surface area contributed by atoms with Crippen LogP contribution >= 0.6 is 7.82 Å². The van der Waals surface area contributed by atoms with Crippen molar-refractivity contribution >= 4 is 19.8 Å². The van der Waals surface area contributed by atoms with Gasteiger partial charge in [0, 0.05) is 12.8 Å². The largest absolute Gasteiger partial charge is 0.472 e. The van der Waals surface area contributed by atoms with Crippen LogP contribution in [0.5, 0.6) is 0 Å². The van der Waals surface area contributed by atoms with Crippen LogP contribution in [0.25, 0.3) is 0 Å². The number of nitrogens with zero attached hydrogens (tertiary/aromatic N) is 1. The predicted octanol–water partition coefficient (Wildman–Crippen LogP) is 16.0. The Morgan fingerprint density at radius 2 is 0.862 bits per heavy atom. The highest BCUT2D eigenvalue weighted by atomic mass is 31.2. The molecule has 0 aliphatic carbocycles. The number of phosphoric acid groups is 1. The number of hydrogen-bond acceptors (Lipinski definition) is 7. The Labute approximate surface area is 400 Å². The van der Waals surface area contributed by atoms with Crippen LogP contribution in [0.15, 0.2) is 60.8 Å². The Morgan fingerprint density at radius 3 is 1.29 bits per heavy atom. The van der Waals surface area contributed by atoms with E-state index in [0.29, 0.717) is 17.4 Å². The van der Waals surface area contributed by atoms with Crippen molar-refractivity contribution in [1.29, 1.82) is 0 Å². The number of quaternary nitrogens is 1. The number of allylic oxidation sites excluding steroid dienone is 10. The first-order valence-electron chi connectivity index (χ1n) is 26.5. The molecule has 2 atom stereocenters. The van der Waals surface area contributed by atoms with Crippen molar-refractivity contribution in [3.63, 3.8) is 0 Å². The lowest BCUT2D eigenvalue weighted by molar-refractivity contribution is -0.870. The minimum absolute atomic E-state index is 0.0175. The molecule has 0 spiro atoms. The summed E-state index contributed by atoms with van der Waals surface area (Å²) in [6.07, 6.45) is 58.7. The van der Waals surface area contributed by atoms with Crippen LogP contribution in [0.1, 0.15) is 226 Å². The van der Waals surface area contributed by atoms with Gasteiger partial charge in [-0.3, -0.25) is 18.6 Å². The van der Waals surface area contributed by atoms with Crippen LogP contribution in [0.4, 0.5) is 0 Å². The Bertz CT molecular complexity index is 1290. The molecule has 0 heterocycles. The van der Waals surface area contributed by atoms with Crippen molar-refractivity contribution < 1.29 is 42.1 Å². The van der Waals surface area contributed by atoms with Gasteiger partial charge in [-0.2, -0.15) is 0 Å². The van der Waals surface area contributed by atoms with Gasteiger partial charge in [-0.25, -0.2) is 4.57 Å². The van der Waals surface area contributed by atoms with Crippen LogP contribution < -0.4 is 0 Å². The van der Waals surface area contributed by atoms with Gasteiger partial charge in [-0.15, -0.1) is 0 Å². The van der Waals surface area contributed by atoms with E-state index in [0.717, 1.165) is 44.9 Å². The number of carbonyl (C=O) groups is 2. The topological polar surface area (TPSA) is 108 Å². The maximum Gasteiger partial charge on any atom is 0.472 e. The van der Waals surface area contributed by atoms with Gasteiger partial charge >= 0.3 is 19.8 Å². The zero-order chi connectivity index (χ0) is 47.8. The number of esters is 2. The summed E-state index contributed by atoms with van der Waals surface area (Å²) in [5, 5.41) is 0. The van der Waals surface area contributed by atoms with Crippen molar-refractivity contribution in [3.05, 3.63) is 60.8 Å². The molecule has 1 unspecified atom stereocenters. The average Bonchev–Trinajstić information content (AvgIpc) is 3.26. The summed E-state index contributed by atoms with van der Waals surface area (Å²) in [4.78, 5) is 35.5. The van der Waals surface area contributed by atoms with Crippen molar-refractivity contribution in [1.82, 2.24) is 0 Å². The number of ether oxygens (including phenoxy) is 2. The van der Waals surface area contributed by atoms with Gasteiger partial charge in [0.1, 0.15) is 19.8 Å². The first kappa shape index (κ1) is 62.7. The zero-order valence-corrected chi connectivity index (χ0v) is 43.6. The average molecular weight is 935 g/mol. The van der Waals surface area contributed by atoms with E-state index >= 15 is 0 Å². The number of likely N-dealkylation sites (N-methyl/N-ethyl adjacent to an activating group) is 1. The number of hydrogen-bond donors (Lipinski definition) is 1. The van der Waals surface area contributed by atoms with E-state index in [2.05, 4.69) is 62.5 Å². The number of unbranched alkanes of at least 4 members (excludes halogenated alkanes) is 24. The molecule has 0 saturated heterocycles. The summed E-state index contributed by atoms with van der Waals surface area (Å²) in [6, 6.07) is 0. The van der Waals surface area contributed by atoms with Gasteiger partial charge in [-0.1, -0.05) is 222 Å². The normalized spacial score (nSPS) is 13.9. The molecule has 0 aliphatic heterocycles. The first-order chi connectivity index (χ1) is 31.5. The van der Waals surface area contributed by atoms with Crippen LogP contribution in [0, 0.1) is 0 Å². The highest BCUT2D eigenvalue weighted by Crippen LogP contribution is 2.43. The summed E-state index contributed by atoms with van der Waals surface area (Å²) in [7, 11) is 1.43. The van der Waals surface area contributed by atoms with Gasteiger partial charge in [0.15, 0.2) is 6.10 Å². The smallest absolute Gasteiger partial charge is 0.462 e. The summed E-state index contributed by atoms with van der Waals surface area (Å²) in [5.41, 5.74) is 0. The Morgan fingerprint density at radius 1 is 0.477 bits per heavy atom. The van der Waals surface area contributed by atoms with Gasteiger partial charge in [0.2, 0.25) is 0 Å². The first-order valence-corrected chi connectivity index (χ1v) is 28.0. The van der Waals surface area contributed by atoms with Crippen molar-refractivity contribution in [3.8, 4) is 0 Å². The van der Waals surface area contributed by atoms with Crippen LogP contribution in [0.3, 0.4) is 0 Å². The number of rotatable bonds is 48. The lowest BCUT2D eigenvalue weighted by Gasteiger charge is -2.24. The summed E-state index contributed by atoms with van der Waals surface area (Å²) < 4.78 is 34.4. The van der Waals surface area contributed by atoms with Crippen LogP contribution in [-0.4, -0.2) is 74.9 Å². The maximum absolute atomic E-state index is 12.7. The van der Waals surface area contributed by atoms with E-state index in [1.807, 2.05) is 33.3 Å². The highest BCUT2D eigenvalue weighted by Gasteiger charge is 2.27. The molecular formula is C55H101NO8P+. The molecule has 9 nitrogen and oxygen atoms in total. The second kappa shape index (κ2) is 46.8. The zero-order valence-electron chi connectivity index (χ0n) is 42.7. The molecule has 0 aromatic heterocycles. The lowest BCUT2D eigenvalue weighted by Crippen LogP contribution is -2.37. The molecule has 378 valence electrons. The highest BCUT2D eigenvalue weighted by molar-refractivity contribution is 7.47. The fourth-order valence-electron chi connectivity index (χ4n) is 7.17. The summed E-state index contributed by atoms with van der Waals surface area (Å²) in [5.74, 6) is -0.888. The second-order valence-corrected chi connectivity index (χ2v) is 20.4. The molecule has 1 N–H and O–H groups in total. The molecule has 0 fully saturated rings. The van der Waals surface area contributed by atoms with Crippen molar-refractivity contribution in [2.75, 3.05) is 47.5 Å². The standard InChI is InChI=1S/C55H100NO8P/c1-6-8-10-12-14-16-18-20-22-24-26-27-28-30-31-33-35-37-39-41-43-45-47-54(57)61-51-53(52-63-65(59,60)62-50-49-56(3,4)5)64-55(58)48-46-44-42-40-38-36-34-32-29-25-23-21-19-17-15-13-11-9-7-2/h15,17,21,23,29,32,36,38,42,44,53H,6-14,16,18-20,22,24-28,30-31,33-35,37,39-41,43,45-52H2,1-5H3/p+1/b17-15+,23-21+,32-29+,38-36+,44-42+/t53-/m1/s1. The van der Waals surface area contributed by atoms with E-state index in [-0.39, 0.29) is 32.0 Å². The van der Waals surface area contributed by atoms with Gasteiger partial charge in [-0.05, 0) is 51.4 Å². The molecule has 0 rings (SSSR count). The molecule has 0 saturated carbocycles. The van der Waals surface area contributed by atoms with E-state index < -0.39 is 26.5 Å². The Balaban J connectivity index is 4.31. The third kappa shape index (κ3) is 51.0. The molecular weight excluding hydrogens is 834 g/mol. The number of carbonyl (C=O) groups excluding carboxylic acids is 2. The van der Waals surface area contributed by atoms with E-state index in [9.17, 15) is 19.0 Å². The quantitative estimate of drug-likeness (QED) is 0.0211. The maximum atomic E-state index is 12.7. The summed E-state index contributed by atoms with van der Waals surface area (Å²) in [6.45, 7) is 4.34. The molecule has 0 aromatic rings. The molecule has 10 heteroatoms. The number of phosphoric ester groups is 1. The fraction of sp³-hybridized carbons (Fsp3) is 0.782. The van der Waals surface area contributed by atoms with Gasteiger partial charge < -0.3 is 18.9 Å². The lowest BCUT2D eigenvalue weighted by atomic mass is 10.0. The Kier molecular flexibility index (Phi) is 45.2. The van der Waals surface area contributed by atoms with Crippen molar-refractivity contribution in [2.45, 2.75) is 232 Å². The second-order valence-electron chi connectivity index (χ2n) is 18.9. The van der Waals surface area contributed by atoms with Crippen LogP contribution in [-0.2, 0) is 32.7 Å². The minimum Gasteiger partial charge on any atom is -0.462 e. The minimum atomic E-state index is -4.40. The molecule has 0 bridgehead atoms. The van der Waals surface area contributed by atoms with E-state index in [4.69, 9.17) is 18.5 Å². The van der Waals surface area contributed by atoms with Crippen molar-refractivity contribution in [2.24, 2.45) is 0 Å².